The molecule has 4 aromatic rings. The zero-order chi connectivity index (χ0) is 28.7. The van der Waals surface area contributed by atoms with Gasteiger partial charge in [-0.1, -0.05) is 18.2 Å². The highest BCUT2D eigenvalue weighted by molar-refractivity contribution is 7.15. The quantitative estimate of drug-likeness (QED) is 0.266. The number of piperidine rings is 1. The molecule has 2 fully saturated rings. The summed E-state index contributed by atoms with van der Waals surface area (Å²) < 4.78 is 47.9. The van der Waals surface area contributed by atoms with Crippen molar-refractivity contribution in [3.8, 4) is 16.2 Å². The highest BCUT2D eigenvalue weighted by Gasteiger charge is 2.36. The highest BCUT2D eigenvalue weighted by Crippen LogP contribution is 2.46. The van der Waals surface area contributed by atoms with Crippen molar-refractivity contribution in [1.82, 2.24) is 19.8 Å². The summed E-state index contributed by atoms with van der Waals surface area (Å²) in [5.41, 5.74) is 0.684. The van der Waals surface area contributed by atoms with E-state index in [0.29, 0.717) is 29.2 Å². The number of nitrogens with one attached hydrogen (secondary N) is 1. The molecule has 2 aliphatic rings. The Balaban J connectivity index is 1.21. The van der Waals surface area contributed by atoms with Crippen LogP contribution in [-0.4, -0.2) is 45.6 Å². The van der Waals surface area contributed by atoms with Crippen LogP contribution < -0.4 is 10.1 Å². The lowest BCUT2D eigenvalue weighted by Gasteiger charge is -2.35. The number of halogens is 3. The van der Waals surface area contributed by atoms with Gasteiger partial charge in [-0.25, -0.2) is 9.78 Å². The second kappa shape index (κ2) is 10.8. The Kier molecular flexibility index (Phi) is 7.23. The monoisotopic (exact) mass is 582 g/mol. The summed E-state index contributed by atoms with van der Waals surface area (Å²) in [7, 11) is 1.91. The first-order chi connectivity index (χ1) is 19.7. The molecule has 2 aromatic heterocycles. The molecular weight excluding hydrogens is 553 g/mol. The molecule has 214 valence electrons. The smallest absolute Gasteiger partial charge is 0.410 e. The Labute approximate surface area is 238 Å². The third-order valence-corrected chi connectivity index (χ3v) is 8.95. The van der Waals surface area contributed by atoms with Crippen molar-refractivity contribution in [3.05, 3.63) is 71.0 Å². The number of rotatable bonds is 6. The molecule has 3 heterocycles. The zero-order valence-corrected chi connectivity index (χ0v) is 23.2. The van der Waals surface area contributed by atoms with Crippen LogP contribution in [0.2, 0.25) is 0 Å². The minimum Gasteiger partial charge on any atom is -0.410 e. The van der Waals surface area contributed by atoms with Crippen LogP contribution in [0.1, 0.15) is 59.1 Å². The van der Waals surface area contributed by atoms with Crippen LogP contribution in [0.3, 0.4) is 0 Å². The summed E-state index contributed by atoms with van der Waals surface area (Å²) in [6.07, 6.45) is 1.06. The number of benzene rings is 2. The van der Waals surface area contributed by atoms with E-state index in [0.717, 1.165) is 53.7 Å². The van der Waals surface area contributed by atoms with Gasteiger partial charge in [-0.2, -0.15) is 13.2 Å². The molecule has 1 saturated heterocycles. The van der Waals surface area contributed by atoms with Gasteiger partial charge in [0.1, 0.15) is 11.4 Å². The van der Waals surface area contributed by atoms with Crippen molar-refractivity contribution in [1.29, 1.82) is 0 Å². The lowest BCUT2D eigenvalue weighted by molar-refractivity contribution is -0.137. The van der Waals surface area contributed by atoms with Crippen molar-refractivity contribution in [3.63, 3.8) is 0 Å². The Morgan fingerprint density at radius 1 is 1.10 bits per heavy atom. The lowest BCUT2D eigenvalue weighted by Crippen LogP contribution is -2.50. The van der Waals surface area contributed by atoms with Gasteiger partial charge in [-0.3, -0.25) is 4.79 Å². The van der Waals surface area contributed by atoms with Crippen LogP contribution >= 0.6 is 11.3 Å². The van der Waals surface area contributed by atoms with Gasteiger partial charge in [0.05, 0.1) is 21.0 Å². The number of likely N-dealkylation sites (tertiary alicyclic amines) is 1. The SMILES string of the molecule is Cn1ccc2c(OC(=O)NC[C@@H]3CCCCN3C(=O)c3nc(C4CC4)sc3-c3cccc(C(F)(F)F)c3)cccc21. The van der Waals surface area contributed by atoms with Gasteiger partial charge in [0, 0.05) is 43.7 Å². The number of carbonyl (C=O) groups is 2. The number of aryl methyl sites for hydroxylation is 1. The van der Waals surface area contributed by atoms with E-state index in [1.807, 2.05) is 36.0 Å². The highest BCUT2D eigenvalue weighted by atomic mass is 32.1. The summed E-state index contributed by atoms with van der Waals surface area (Å²) in [4.78, 5) is 33.5. The third-order valence-electron chi connectivity index (χ3n) is 7.69. The Hall–Kier alpha value is -3.86. The Morgan fingerprint density at radius 3 is 2.68 bits per heavy atom. The topological polar surface area (TPSA) is 76.5 Å². The number of hydrogen-bond donors (Lipinski definition) is 1. The van der Waals surface area contributed by atoms with Gasteiger partial charge in [-0.05, 0) is 68.0 Å². The van der Waals surface area contributed by atoms with Crippen LogP contribution in [-0.2, 0) is 13.2 Å². The Bertz CT molecular complexity index is 1610. The minimum absolute atomic E-state index is 0.182. The van der Waals surface area contributed by atoms with Crippen molar-refractivity contribution in [2.24, 2.45) is 7.05 Å². The maximum absolute atomic E-state index is 13.9. The number of alkyl halides is 3. The second-order valence-corrected chi connectivity index (χ2v) is 11.6. The fraction of sp³-hybridized carbons (Fsp3) is 0.367. The third kappa shape index (κ3) is 5.68. The van der Waals surface area contributed by atoms with Crippen molar-refractivity contribution < 1.29 is 27.5 Å². The van der Waals surface area contributed by atoms with Crippen LogP contribution in [0, 0.1) is 0 Å². The van der Waals surface area contributed by atoms with E-state index in [1.54, 1.807) is 17.0 Å². The second-order valence-electron chi connectivity index (χ2n) is 10.6. The molecule has 11 heteroatoms. The first kappa shape index (κ1) is 27.3. The number of hydrogen-bond acceptors (Lipinski definition) is 5. The van der Waals surface area contributed by atoms with E-state index in [9.17, 15) is 22.8 Å². The minimum atomic E-state index is -4.49. The first-order valence-electron chi connectivity index (χ1n) is 13.7. The lowest BCUT2D eigenvalue weighted by atomic mass is 10.0. The van der Waals surface area contributed by atoms with E-state index in [-0.39, 0.29) is 30.1 Å². The largest absolute Gasteiger partial charge is 0.416 e. The summed E-state index contributed by atoms with van der Waals surface area (Å²) in [5.74, 6) is 0.362. The van der Waals surface area contributed by atoms with Gasteiger partial charge in [-0.15, -0.1) is 11.3 Å². The van der Waals surface area contributed by atoms with E-state index < -0.39 is 17.8 Å². The maximum atomic E-state index is 13.9. The molecule has 6 rings (SSSR count). The van der Waals surface area contributed by atoms with Gasteiger partial charge < -0.3 is 19.5 Å². The molecule has 0 unspecified atom stereocenters. The molecule has 41 heavy (non-hydrogen) atoms. The van der Waals surface area contributed by atoms with Gasteiger partial charge in [0.15, 0.2) is 0 Å². The molecule has 7 nitrogen and oxygen atoms in total. The number of amides is 2. The normalized spacial score (nSPS) is 17.6. The zero-order valence-electron chi connectivity index (χ0n) is 22.4. The van der Waals surface area contributed by atoms with E-state index >= 15 is 0 Å². The number of aromatic nitrogens is 2. The van der Waals surface area contributed by atoms with Crippen molar-refractivity contribution in [2.45, 2.75) is 50.2 Å². The molecule has 1 aliphatic heterocycles. The average molecular weight is 583 g/mol. The van der Waals surface area contributed by atoms with E-state index in [2.05, 4.69) is 10.3 Å². The molecule has 1 saturated carbocycles. The van der Waals surface area contributed by atoms with Crippen LogP contribution in [0.4, 0.5) is 18.0 Å². The van der Waals surface area contributed by atoms with Gasteiger partial charge in [0.25, 0.3) is 5.91 Å². The molecule has 0 spiro atoms. The summed E-state index contributed by atoms with van der Waals surface area (Å²) in [6.45, 7) is 0.662. The van der Waals surface area contributed by atoms with E-state index in [4.69, 9.17) is 4.74 Å². The van der Waals surface area contributed by atoms with Crippen molar-refractivity contribution in [2.75, 3.05) is 13.1 Å². The van der Waals surface area contributed by atoms with Crippen LogP contribution in [0.15, 0.2) is 54.7 Å². The fourth-order valence-electron chi connectivity index (χ4n) is 5.34. The van der Waals surface area contributed by atoms with Crippen LogP contribution in [0.25, 0.3) is 21.3 Å². The molecule has 2 aromatic carbocycles. The summed E-state index contributed by atoms with van der Waals surface area (Å²) in [5, 5.41) is 4.41. The van der Waals surface area contributed by atoms with Crippen LogP contribution in [0.5, 0.6) is 5.75 Å². The number of carbonyl (C=O) groups excluding carboxylic acids is 2. The average Bonchev–Trinajstić information content (AvgIpc) is 3.60. The summed E-state index contributed by atoms with van der Waals surface area (Å²) in [6, 6.07) is 12.1. The molecular formula is C30H29F3N4O3S. The van der Waals surface area contributed by atoms with Gasteiger partial charge >= 0.3 is 12.3 Å². The molecule has 0 bridgehead atoms. The number of nitrogens with zero attached hydrogens (tertiary/aromatic N) is 3. The predicted octanol–water partition coefficient (Wildman–Crippen LogP) is 6.98. The molecule has 1 N–H and O–H groups in total. The standard InChI is InChI=1S/C30H29F3N4O3S/c1-36-15-13-22-23(36)9-5-10-24(22)40-29(39)34-17-21-8-2-3-14-37(21)28(38)25-26(41-27(35-25)18-11-12-18)19-6-4-7-20(16-19)30(31,32)33/h4-7,9-10,13,15-16,18,21H,2-3,8,11-12,14,17H2,1H3,(H,34,39)/t21-/m0/s1. The molecule has 1 aliphatic carbocycles. The van der Waals surface area contributed by atoms with Gasteiger partial charge in [0.2, 0.25) is 0 Å². The molecule has 2 amide bonds. The summed E-state index contributed by atoms with van der Waals surface area (Å²) >= 11 is 1.30. The van der Waals surface area contributed by atoms with Crippen molar-refractivity contribution >= 4 is 34.2 Å². The predicted molar refractivity (Wildman–Crippen MR) is 150 cm³/mol. The molecule has 0 radical (unpaired) electrons. The number of ether oxygens (including phenoxy) is 1. The molecule has 1 atom stereocenters. The first-order valence-corrected chi connectivity index (χ1v) is 14.5. The fourth-order valence-corrected chi connectivity index (χ4v) is 6.56. The Morgan fingerprint density at radius 2 is 1.90 bits per heavy atom. The number of fused-ring (bicyclic) bond motifs is 1. The number of thiazole rings is 1. The van der Waals surface area contributed by atoms with E-state index in [1.165, 1.54) is 17.4 Å². The maximum Gasteiger partial charge on any atom is 0.416 e.